The van der Waals surface area contributed by atoms with Crippen molar-refractivity contribution in [2.45, 2.75) is 38.1 Å². The van der Waals surface area contributed by atoms with Gasteiger partial charge in [0, 0.05) is 32.2 Å². The van der Waals surface area contributed by atoms with Gasteiger partial charge >= 0.3 is 6.03 Å². The number of hydrogen-bond acceptors (Lipinski definition) is 2. The molecular formula is C13H23N3O. The van der Waals surface area contributed by atoms with Gasteiger partial charge in [-0.25, -0.2) is 4.79 Å². The van der Waals surface area contributed by atoms with E-state index in [1.54, 1.807) is 0 Å². The van der Waals surface area contributed by atoms with Crippen molar-refractivity contribution in [3.8, 4) is 0 Å². The predicted octanol–water partition coefficient (Wildman–Crippen LogP) is 1.18. The first-order valence-electron chi connectivity index (χ1n) is 7.09. The Morgan fingerprint density at radius 1 is 1.06 bits per heavy atom. The number of carbonyl (C=O) groups is 1. The molecule has 3 fully saturated rings. The molecule has 4 heteroatoms. The van der Waals surface area contributed by atoms with E-state index in [0.29, 0.717) is 17.9 Å². The lowest BCUT2D eigenvalue weighted by Gasteiger charge is -2.26. The Kier molecular flexibility index (Phi) is 3.23. The Morgan fingerprint density at radius 3 is 2.35 bits per heavy atom. The molecule has 2 heterocycles. The first-order chi connectivity index (χ1) is 8.33. The third kappa shape index (κ3) is 2.41. The number of hydrogen-bond donors (Lipinski definition) is 2. The Balaban J connectivity index is 1.49. The van der Waals surface area contributed by atoms with Crippen LogP contribution in [0.1, 0.15) is 32.1 Å². The molecule has 4 nitrogen and oxygen atoms in total. The molecule has 2 amide bonds. The van der Waals surface area contributed by atoms with Crippen LogP contribution in [0.15, 0.2) is 0 Å². The molecule has 0 unspecified atom stereocenters. The van der Waals surface area contributed by atoms with E-state index in [4.69, 9.17) is 0 Å². The minimum absolute atomic E-state index is 0.186. The highest BCUT2D eigenvalue weighted by Crippen LogP contribution is 2.26. The topological polar surface area (TPSA) is 44.4 Å². The molecular weight excluding hydrogens is 214 g/mol. The van der Waals surface area contributed by atoms with E-state index in [1.165, 1.54) is 32.1 Å². The molecule has 2 N–H and O–H groups in total. The molecule has 0 aromatic heterocycles. The van der Waals surface area contributed by atoms with Crippen LogP contribution in [0.2, 0.25) is 0 Å². The zero-order chi connectivity index (χ0) is 11.7. The Hall–Kier alpha value is -0.770. The van der Waals surface area contributed by atoms with Crippen LogP contribution in [0.4, 0.5) is 4.79 Å². The van der Waals surface area contributed by atoms with E-state index in [9.17, 15) is 4.79 Å². The van der Waals surface area contributed by atoms with Crippen molar-refractivity contribution in [3.05, 3.63) is 0 Å². The predicted molar refractivity (Wildman–Crippen MR) is 66.8 cm³/mol. The third-order valence-corrected chi connectivity index (χ3v) is 4.61. The summed E-state index contributed by atoms with van der Waals surface area (Å²) in [5.74, 6) is 1.40. The molecule has 2 saturated heterocycles. The van der Waals surface area contributed by atoms with Gasteiger partial charge in [-0.15, -0.1) is 0 Å². The van der Waals surface area contributed by atoms with Gasteiger partial charge in [0.15, 0.2) is 0 Å². The number of amides is 2. The highest BCUT2D eigenvalue weighted by Gasteiger charge is 2.38. The van der Waals surface area contributed by atoms with Gasteiger partial charge in [0.05, 0.1) is 0 Å². The maximum Gasteiger partial charge on any atom is 0.317 e. The number of rotatable bonds is 1. The second-order valence-corrected chi connectivity index (χ2v) is 5.87. The van der Waals surface area contributed by atoms with Crippen LogP contribution in [-0.4, -0.2) is 43.2 Å². The van der Waals surface area contributed by atoms with E-state index in [1.807, 2.05) is 4.90 Å². The largest absolute Gasteiger partial charge is 0.335 e. The lowest BCUT2D eigenvalue weighted by Crippen LogP contribution is -2.45. The zero-order valence-corrected chi connectivity index (χ0v) is 10.5. The smallest absolute Gasteiger partial charge is 0.317 e. The van der Waals surface area contributed by atoms with Crippen molar-refractivity contribution in [2.75, 3.05) is 26.2 Å². The summed E-state index contributed by atoms with van der Waals surface area (Å²) in [5, 5.41) is 6.62. The van der Waals surface area contributed by atoms with Crippen molar-refractivity contribution in [2.24, 2.45) is 11.8 Å². The van der Waals surface area contributed by atoms with Gasteiger partial charge in [0.2, 0.25) is 0 Å². The molecule has 0 radical (unpaired) electrons. The maximum absolute atomic E-state index is 12.1. The quantitative estimate of drug-likeness (QED) is 0.719. The van der Waals surface area contributed by atoms with E-state index in [2.05, 4.69) is 10.6 Å². The van der Waals surface area contributed by atoms with Crippen LogP contribution in [0.5, 0.6) is 0 Å². The highest BCUT2D eigenvalue weighted by atomic mass is 16.2. The van der Waals surface area contributed by atoms with Crippen molar-refractivity contribution >= 4 is 6.03 Å². The van der Waals surface area contributed by atoms with Crippen LogP contribution < -0.4 is 10.6 Å². The average molecular weight is 237 g/mol. The fourth-order valence-corrected chi connectivity index (χ4v) is 3.53. The molecule has 3 aliphatic rings. The zero-order valence-electron chi connectivity index (χ0n) is 10.5. The number of carbonyl (C=O) groups excluding carboxylic acids is 1. The lowest BCUT2D eigenvalue weighted by molar-refractivity contribution is 0.197. The number of urea groups is 1. The Bertz CT molecular complexity index is 276. The van der Waals surface area contributed by atoms with E-state index in [-0.39, 0.29) is 6.03 Å². The molecule has 2 aliphatic heterocycles. The monoisotopic (exact) mass is 237 g/mol. The second kappa shape index (κ2) is 4.84. The van der Waals surface area contributed by atoms with Gasteiger partial charge in [0.25, 0.3) is 0 Å². The summed E-state index contributed by atoms with van der Waals surface area (Å²) in [4.78, 5) is 14.2. The van der Waals surface area contributed by atoms with Gasteiger partial charge in [-0.2, -0.15) is 0 Å². The summed E-state index contributed by atoms with van der Waals surface area (Å²) >= 11 is 0. The first-order valence-corrected chi connectivity index (χ1v) is 7.09. The van der Waals surface area contributed by atoms with Crippen LogP contribution >= 0.6 is 0 Å². The molecule has 0 spiro atoms. The van der Waals surface area contributed by atoms with E-state index < -0.39 is 0 Å². The molecule has 1 aliphatic carbocycles. The molecule has 17 heavy (non-hydrogen) atoms. The second-order valence-electron chi connectivity index (χ2n) is 5.87. The number of nitrogens with one attached hydrogen (secondary N) is 2. The summed E-state index contributed by atoms with van der Waals surface area (Å²) in [6.07, 6.45) is 6.24. The van der Waals surface area contributed by atoms with Crippen LogP contribution in [-0.2, 0) is 0 Å². The maximum atomic E-state index is 12.1. The third-order valence-electron chi connectivity index (χ3n) is 4.61. The average Bonchev–Trinajstić information content (AvgIpc) is 2.90. The summed E-state index contributed by atoms with van der Waals surface area (Å²) in [6, 6.07) is 0.626. The number of nitrogens with zero attached hydrogens (tertiary/aromatic N) is 1. The standard InChI is InChI=1S/C13H23N3O/c17-13(15-12-4-2-1-3-5-12)16-8-10-6-14-7-11(10)9-16/h10-12,14H,1-9H2,(H,15,17)/t10-,11+. The summed E-state index contributed by atoms with van der Waals surface area (Å²) in [5.41, 5.74) is 0. The van der Waals surface area contributed by atoms with Crippen molar-refractivity contribution in [1.82, 2.24) is 15.5 Å². The summed E-state index contributed by atoms with van der Waals surface area (Å²) in [7, 11) is 0. The number of fused-ring (bicyclic) bond motifs is 1. The van der Waals surface area contributed by atoms with Crippen LogP contribution in [0.25, 0.3) is 0 Å². The van der Waals surface area contributed by atoms with Crippen LogP contribution in [0, 0.1) is 11.8 Å². The van der Waals surface area contributed by atoms with Gasteiger partial charge in [0.1, 0.15) is 0 Å². The van der Waals surface area contributed by atoms with Gasteiger partial charge in [-0.1, -0.05) is 19.3 Å². The van der Waals surface area contributed by atoms with Gasteiger partial charge in [-0.3, -0.25) is 0 Å². The fraction of sp³-hybridized carbons (Fsp3) is 0.923. The molecule has 3 rings (SSSR count). The molecule has 2 atom stereocenters. The van der Waals surface area contributed by atoms with Crippen molar-refractivity contribution in [3.63, 3.8) is 0 Å². The minimum Gasteiger partial charge on any atom is -0.335 e. The highest BCUT2D eigenvalue weighted by molar-refractivity contribution is 5.75. The SMILES string of the molecule is O=C(NC1CCCCC1)N1C[C@H]2CNC[C@H]2C1. The Morgan fingerprint density at radius 2 is 1.71 bits per heavy atom. The van der Waals surface area contributed by atoms with Gasteiger partial charge in [-0.05, 0) is 24.7 Å². The van der Waals surface area contributed by atoms with Gasteiger partial charge < -0.3 is 15.5 Å². The molecule has 1 saturated carbocycles. The van der Waals surface area contributed by atoms with Crippen molar-refractivity contribution < 1.29 is 4.79 Å². The lowest BCUT2D eigenvalue weighted by atomic mass is 9.96. The Labute approximate surface area is 103 Å². The number of likely N-dealkylation sites (tertiary alicyclic amines) is 1. The molecule has 0 bridgehead atoms. The first kappa shape index (κ1) is 11.3. The summed E-state index contributed by atoms with van der Waals surface area (Å²) in [6.45, 7) is 4.10. The van der Waals surface area contributed by atoms with Crippen molar-refractivity contribution in [1.29, 1.82) is 0 Å². The van der Waals surface area contributed by atoms with E-state index in [0.717, 1.165) is 26.2 Å². The molecule has 0 aromatic rings. The fourth-order valence-electron chi connectivity index (χ4n) is 3.53. The minimum atomic E-state index is 0.186. The molecule has 96 valence electrons. The summed E-state index contributed by atoms with van der Waals surface area (Å²) < 4.78 is 0. The van der Waals surface area contributed by atoms with Crippen LogP contribution in [0.3, 0.4) is 0 Å². The normalized spacial score (nSPS) is 33.8. The molecule has 0 aromatic carbocycles. The van der Waals surface area contributed by atoms with E-state index >= 15 is 0 Å².